The van der Waals surface area contributed by atoms with Crippen molar-refractivity contribution in [3.05, 3.63) is 5.69 Å². The Hall–Kier alpha value is -2.05. The van der Waals surface area contributed by atoms with Crippen molar-refractivity contribution in [2.24, 2.45) is 7.05 Å². The summed E-state index contributed by atoms with van der Waals surface area (Å²) in [5.41, 5.74) is 7.41. The third-order valence-corrected chi connectivity index (χ3v) is 3.21. The molecular weight excluding hydrogens is 246 g/mol. The smallest absolute Gasteiger partial charge is 0.249 e. The molecule has 7 heteroatoms. The van der Waals surface area contributed by atoms with Crippen LogP contribution in [0.3, 0.4) is 0 Å². The zero-order valence-electron chi connectivity index (χ0n) is 11.4. The van der Waals surface area contributed by atoms with Crippen molar-refractivity contribution in [2.45, 2.75) is 38.6 Å². The molecule has 1 aliphatic heterocycles. The largest absolute Gasteiger partial charge is 0.394 e. The number of nitrogen functional groups attached to an aromatic ring is 1. The van der Waals surface area contributed by atoms with E-state index in [1.54, 1.807) is 11.7 Å². The Morgan fingerprint density at radius 3 is 2.68 bits per heavy atom. The Morgan fingerprint density at radius 2 is 2.16 bits per heavy atom. The average Bonchev–Trinajstić information content (AvgIpc) is 2.60. The molecular formula is C12H19N5O2. The van der Waals surface area contributed by atoms with E-state index in [0.29, 0.717) is 24.3 Å². The molecule has 1 aliphatic rings. The van der Waals surface area contributed by atoms with Crippen LogP contribution in [0.4, 0.5) is 11.5 Å². The molecule has 1 aromatic heterocycles. The summed E-state index contributed by atoms with van der Waals surface area (Å²) in [4.78, 5) is 22.8. The van der Waals surface area contributed by atoms with Crippen molar-refractivity contribution >= 4 is 23.3 Å². The van der Waals surface area contributed by atoms with Crippen LogP contribution in [-0.4, -0.2) is 27.6 Å². The lowest BCUT2D eigenvalue weighted by Crippen LogP contribution is -2.47. The molecule has 7 nitrogen and oxygen atoms in total. The molecule has 0 bridgehead atoms. The minimum Gasteiger partial charge on any atom is -0.394 e. The summed E-state index contributed by atoms with van der Waals surface area (Å²) < 4.78 is 1.63. The number of aromatic nitrogens is 2. The molecule has 1 saturated heterocycles. The van der Waals surface area contributed by atoms with Crippen LogP contribution in [0.1, 0.15) is 38.3 Å². The van der Waals surface area contributed by atoms with Gasteiger partial charge in [0.1, 0.15) is 11.9 Å². The normalized spacial score (nSPS) is 19.7. The molecule has 104 valence electrons. The summed E-state index contributed by atoms with van der Waals surface area (Å²) in [6.45, 7) is 4.02. The molecule has 1 unspecified atom stereocenters. The molecule has 4 N–H and O–H groups in total. The highest BCUT2D eigenvalue weighted by molar-refractivity contribution is 6.01. The molecule has 0 spiro atoms. The van der Waals surface area contributed by atoms with Crippen LogP contribution in [0.5, 0.6) is 0 Å². The van der Waals surface area contributed by atoms with E-state index in [1.165, 1.54) is 0 Å². The maximum Gasteiger partial charge on any atom is 0.249 e. The van der Waals surface area contributed by atoms with Gasteiger partial charge in [-0.05, 0) is 12.3 Å². The zero-order valence-corrected chi connectivity index (χ0v) is 11.4. The third kappa shape index (κ3) is 2.54. The minimum atomic E-state index is -0.449. The molecule has 0 aromatic carbocycles. The maximum atomic E-state index is 11.7. The molecule has 1 fully saturated rings. The maximum absolute atomic E-state index is 11.7. The van der Waals surface area contributed by atoms with Crippen molar-refractivity contribution < 1.29 is 9.59 Å². The summed E-state index contributed by atoms with van der Waals surface area (Å²) in [6, 6.07) is -0.449. The van der Waals surface area contributed by atoms with Crippen LogP contribution >= 0.6 is 0 Å². The van der Waals surface area contributed by atoms with Crippen LogP contribution < -0.4 is 16.4 Å². The van der Waals surface area contributed by atoms with E-state index in [1.807, 2.05) is 13.8 Å². The predicted octanol–water partition coefficient (Wildman–Crippen LogP) is 0.343. The van der Waals surface area contributed by atoms with E-state index in [0.717, 1.165) is 5.69 Å². The highest BCUT2D eigenvalue weighted by Gasteiger charge is 2.28. The Morgan fingerprint density at radius 1 is 1.47 bits per heavy atom. The third-order valence-electron chi connectivity index (χ3n) is 3.21. The fraction of sp³-hybridized carbons (Fsp3) is 0.583. The van der Waals surface area contributed by atoms with Gasteiger partial charge in [0.05, 0.1) is 11.4 Å². The lowest BCUT2D eigenvalue weighted by Gasteiger charge is -2.22. The summed E-state index contributed by atoms with van der Waals surface area (Å²) >= 11 is 0. The molecule has 19 heavy (non-hydrogen) atoms. The predicted molar refractivity (Wildman–Crippen MR) is 71.5 cm³/mol. The SMILES string of the molecule is CC(C)c1nn(C)c(NC2CCC(=O)NC2=O)c1N. The summed E-state index contributed by atoms with van der Waals surface area (Å²) in [6.07, 6.45) is 0.796. The summed E-state index contributed by atoms with van der Waals surface area (Å²) in [5, 5.41) is 9.73. The number of nitrogens with two attached hydrogens (primary N) is 1. The minimum absolute atomic E-state index is 0.212. The standard InChI is InChI=1S/C12H19N5O2/c1-6(2)10-9(13)11(17(3)16-10)14-7-4-5-8(18)15-12(7)19/h6-7,14H,4-5,13H2,1-3H3,(H,15,18,19). The van der Waals surface area contributed by atoms with E-state index in [-0.39, 0.29) is 17.7 Å². The number of nitrogens with one attached hydrogen (secondary N) is 2. The van der Waals surface area contributed by atoms with Crippen LogP contribution in [-0.2, 0) is 16.6 Å². The van der Waals surface area contributed by atoms with E-state index in [2.05, 4.69) is 15.7 Å². The first-order valence-corrected chi connectivity index (χ1v) is 6.32. The second-order valence-electron chi connectivity index (χ2n) is 5.07. The topological polar surface area (TPSA) is 102 Å². The number of nitrogens with zero attached hydrogens (tertiary/aromatic N) is 2. The van der Waals surface area contributed by atoms with E-state index in [4.69, 9.17) is 5.73 Å². The number of carbonyl (C=O) groups is 2. The van der Waals surface area contributed by atoms with Gasteiger partial charge >= 0.3 is 0 Å². The van der Waals surface area contributed by atoms with Crippen molar-refractivity contribution in [3.8, 4) is 0 Å². The van der Waals surface area contributed by atoms with Gasteiger partial charge in [-0.25, -0.2) is 0 Å². The van der Waals surface area contributed by atoms with Gasteiger partial charge in [-0.3, -0.25) is 19.6 Å². The fourth-order valence-electron chi connectivity index (χ4n) is 2.16. The molecule has 2 amide bonds. The number of anilines is 2. The van der Waals surface area contributed by atoms with Crippen molar-refractivity contribution in [3.63, 3.8) is 0 Å². The second kappa shape index (κ2) is 4.91. The van der Waals surface area contributed by atoms with Gasteiger partial charge in [-0.15, -0.1) is 0 Å². The molecule has 2 heterocycles. The Labute approximate surface area is 111 Å². The van der Waals surface area contributed by atoms with Gasteiger partial charge in [-0.1, -0.05) is 13.8 Å². The number of rotatable bonds is 3. The number of aryl methyl sites for hydroxylation is 1. The Balaban J connectivity index is 2.20. The molecule has 0 radical (unpaired) electrons. The number of imide groups is 1. The van der Waals surface area contributed by atoms with Gasteiger partial charge in [0.2, 0.25) is 11.8 Å². The van der Waals surface area contributed by atoms with E-state index < -0.39 is 6.04 Å². The van der Waals surface area contributed by atoms with Crippen molar-refractivity contribution in [1.29, 1.82) is 0 Å². The Kier molecular flexibility index (Phi) is 3.46. The zero-order chi connectivity index (χ0) is 14.2. The van der Waals surface area contributed by atoms with Crippen molar-refractivity contribution in [2.75, 3.05) is 11.1 Å². The summed E-state index contributed by atoms with van der Waals surface area (Å²) in [5.74, 6) is 0.286. The van der Waals surface area contributed by atoms with Gasteiger partial charge in [-0.2, -0.15) is 5.10 Å². The number of hydrogen-bond donors (Lipinski definition) is 3. The molecule has 0 aliphatic carbocycles. The molecule has 1 atom stereocenters. The molecule has 0 saturated carbocycles. The lowest BCUT2D eigenvalue weighted by atomic mass is 10.1. The quantitative estimate of drug-likeness (QED) is 0.684. The Bertz CT molecular complexity index is 520. The van der Waals surface area contributed by atoms with E-state index >= 15 is 0 Å². The monoisotopic (exact) mass is 265 g/mol. The van der Waals surface area contributed by atoms with Crippen LogP contribution in [0.25, 0.3) is 0 Å². The fourth-order valence-corrected chi connectivity index (χ4v) is 2.16. The highest BCUT2D eigenvalue weighted by atomic mass is 16.2. The first-order chi connectivity index (χ1) is 8.90. The highest BCUT2D eigenvalue weighted by Crippen LogP contribution is 2.28. The molecule has 2 rings (SSSR count). The second-order valence-corrected chi connectivity index (χ2v) is 5.07. The van der Waals surface area contributed by atoms with Crippen LogP contribution in [0.2, 0.25) is 0 Å². The van der Waals surface area contributed by atoms with Crippen LogP contribution in [0, 0.1) is 0 Å². The van der Waals surface area contributed by atoms with Crippen LogP contribution in [0.15, 0.2) is 0 Å². The average molecular weight is 265 g/mol. The lowest BCUT2D eigenvalue weighted by molar-refractivity contribution is -0.133. The van der Waals surface area contributed by atoms with Gasteiger partial charge < -0.3 is 11.1 Å². The van der Waals surface area contributed by atoms with Gasteiger partial charge in [0.15, 0.2) is 0 Å². The first-order valence-electron chi connectivity index (χ1n) is 6.32. The molecule has 1 aromatic rings. The van der Waals surface area contributed by atoms with Gasteiger partial charge in [0.25, 0.3) is 0 Å². The number of hydrogen-bond acceptors (Lipinski definition) is 5. The van der Waals surface area contributed by atoms with E-state index in [9.17, 15) is 9.59 Å². The summed E-state index contributed by atoms with van der Waals surface area (Å²) in [7, 11) is 1.77. The van der Waals surface area contributed by atoms with Crippen molar-refractivity contribution in [1.82, 2.24) is 15.1 Å². The first kappa shape index (κ1) is 13.4. The number of carbonyl (C=O) groups excluding carboxylic acids is 2. The number of amides is 2. The van der Waals surface area contributed by atoms with Gasteiger partial charge in [0, 0.05) is 13.5 Å². The number of piperidine rings is 1.